The fourth-order valence-electron chi connectivity index (χ4n) is 3.15. The van der Waals surface area contributed by atoms with Gasteiger partial charge < -0.3 is 20.3 Å². The Bertz CT molecular complexity index is 407. The van der Waals surface area contributed by atoms with E-state index in [0.717, 1.165) is 18.4 Å². The third-order valence-corrected chi connectivity index (χ3v) is 4.30. The van der Waals surface area contributed by atoms with Crippen LogP contribution in [0.25, 0.3) is 0 Å². The molecule has 0 aromatic heterocycles. The maximum absolute atomic E-state index is 10.6. The first-order valence-electron chi connectivity index (χ1n) is 7.33. The average Bonchev–Trinajstić information content (AvgIpc) is 2.53. The lowest BCUT2D eigenvalue weighted by molar-refractivity contribution is 0.0603. The van der Waals surface area contributed by atoms with Crippen LogP contribution in [0.4, 0.5) is 0 Å². The highest BCUT2D eigenvalue weighted by Crippen LogP contribution is 2.38. The van der Waals surface area contributed by atoms with Crippen LogP contribution in [-0.2, 0) is 0 Å². The summed E-state index contributed by atoms with van der Waals surface area (Å²) >= 11 is 0. The first kappa shape index (κ1) is 15.1. The molecule has 4 nitrogen and oxygen atoms in total. The summed E-state index contributed by atoms with van der Waals surface area (Å²) in [4.78, 5) is 0. The van der Waals surface area contributed by atoms with Crippen molar-refractivity contribution >= 4 is 0 Å². The predicted octanol–water partition coefficient (Wildman–Crippen LogP) is 2.64. The Hall–Kier alpha value is -1.26. The van der Waals surface area contributed by atoms with Crippen molar-refractivity contribution in [1.82, 2.24) is 0 Å². The van der Waals surface area contributed by atoms with Gasteiger partial charge in [0, 0.05) is 0 Å². The minimum absolute atomic E-state index is 0.272. The molecule has 0 heterocycles. The highest BCUT2D eigenvalue weighted by molar-refractivity contribution is 5.47. The number of hydrogen-bond donors (Lipinski definition) is 2. The molecule has 2 atom stereocenters. The lowest BCUT2D eigenvalue weighted by Crippen LogP contribution is -2.34. The lowest BCUT2D eigenvalue weighted by atomic mass is 9.81. The molecular formula is C16H25NO3. The van der Waals surface area contributed by atoms with Crippen molar-refractivity contribution in [2.75, 3.05) is 14.2 Å². The van der Waals surface area contributed by atoms with E-state index < -0.39 is 12.1 Å². The highest BCUT2D eigenvalue weighted by atomic mass is 16.5. The smallest absolute Gasteiger partial charge is 0.127 e. The zero-order valence-corrected chi connectivity index (χ0v) is 12.3. The molecule has 112 valence electrons. The summed E-state index contributed by atoms with van der Waals surface area (Å²) in [5, 5.41) is 10.6. The molecule has 1 aromatic carbocycles. The van der Waals surface area contributed by atoms with Crippen LogP contribution in [0.3, 0.4) is 0 Å². The summed E-state index contributed by atoms with van der Waals surface area (Å²) in [5.74, 6) is 1.62. The maximum Gasteiger partial charge on any atom is 0.127 e. The van der Waals surface area contributed by atoms with Gasteiger partial charge >= 0.3 is 0 Å². The molecule has 0 spiro atoms. The number of benzene rings is 1. The zero-order chi connectivity index (χ0) is 14.5. The Kier molecular flexibility index (Phi) is 5.26. The van der Waals surface area contributed by atoms with Gasteiger partial charge in [-0.15, -0.1) is 0 Å². The first-order chi connectivity index (χ1) is 9.69. The van der Waals surface area contributed by atoms with E-state index in [4.69, 9.17) is 15.2 Å². The monoisotopic (exact) mass is 279 g/mol. The van der Waals surface area contributed by atoms with Crippen LogP contribution in [0.15, 0.2) is 18.2 Å². The predicted molar refractivity (Wildman–Crippen MR) is 79.1 cm³/mol. The van der Waals surface area contributed by atoms with Gasteiger partial charge in [-0.1, -0.05) is 25.3 Å². The summed E-state index contributed by atoms with van der Waals surface area (Å²) in [6.45, 7) is 0. The Balaban J connectivity index is 2.24. The standard InChI is InChI=1S/C16H25NO3/c1-19-12-9-6-10-13(20-2)14(12)15(17)16(18)11-7-4-3-5-8-11/h6,9-11,15-16,18H,3-5,7-8,17H2,1-2H3/t15-,16+/m1/s1. The van der Waals surface area contributed by atoms with E-state index in [0.29, 0.717) is 11.5 Å². The zero-order valence-electron chi connectivity index (χ0n) is 12.3. The Labute approximate surface area is 120 Å². The molecule has 4 heteroatoms. The second-order valence-electron chi connectivity index (χ2n) is 5.49. The van der Waals surface area contributed by atoms with Crippen molar-refractivity contribution in [3.05, 3.63) is 23.8 Å². The summed E-state index contributed by atoms with van der Waals surface area (Å²) < 4.78 is 10.8. The number of hydrogen-bond acceptors (Lipinski definition) is 4. The van der Waals surface area contributed by atoms with Gasteiger partial charge in [-0.05, 0) is 30.9 Å². The van der Waals surface area contributed by atoms with Crippen molar-refractivity contribution in [3.63, 3.8) is 0 Å². The molecule has 0 aliphatic heterocycles. The second-order valence-corrected chi connectivity index (χ2v) is 5.49. The van der Waals surface area contributed by atoms with E-state index in [9.17, 15) is 5.11 Å². The normalized spacial score (nSPS) is 19.4. The summed E-state index contributed by atoms with van der Waals surface area (Å²) in [6.07, 6.45) is 5.16. The van der Waals surface area contributed by atoms with Gasteiger partial charge in [-0.2, -0.15) is 0 Å². The van der Waals surface area contributed by atoms with E-state index in [2.05, 4.69) is 0 Å². The van der Waals surface area contributed by atoms with Crippen molar-refractivity contribution in [1.29, 1.82) is 0 Å². The highest BCUT2D eigenvalue weighted by Gasteiger charge is 2.31. The van der Waals surface area contributed by atoms with Crippen LogP contribution in [0.1, 0.15) is 43.7 Å². The van der Waals surface area contributed by atoms with E-state index in [1.807, 2.05) is 18.2 Å². The van der Waals surface area contributed by atoms with Crippen LogP contribution >= 0.6 is 0 Å². The van der Waals surface area contributed by atoms with Crippen molar-refractivity contribution in [2.24, 2.45) is 11.7 Å². The third-order valence-electron chi connectivity index (χ3n) is 4.30. The van der Waals surface area contributed by atoms with Crippen LogP contribution in [0.2, 0.25) is 0 Å². The molecule has 0 radical (unpaired) electrons. The summed E-state index contributed by atoms with van der Waals surface area (Å²) in [6, 6.07) is 5.08. The SMILES string of the molecule is COc1cccc(OC)c1[C@@H](N)[C@@H](O)C1CCCCC1. The third kappa shape index (κ3) is 3.07. The van der Waals surface area contributed by atoms with Crippen molar-refractivity contribution in [3.8, 4) is 11.5 Å². The van der Waals surface area contributed by atoms with Gasteiger partial charge in [0.1, 0.15) is 11.5 Å². The van der Waals surface area contributed by atoms with E-state index in [-0.39, 0.29) is 5.92 Å². The minimum atomic E-state index is -0.555. The summed E-state index contributed by atoms with van der Waals surface area (Å²) in [7, 11) is 3.22. The van der Waals surface area contributed by atoms with Gasteiger partial charge in [-0.3, -0.25) is 0 Å². The van der Waals surface area contributed by atoms with Gasteiger partial charge in [0.15, 0.2) is 0 Å². The number of nitrogens with two attached hydrogens (primary N) is 1. The fourth-order valence-corrected chi connectivity index (χ4v) is 3.15. The van der Waals surface area contributed by atoms with Gasteiger partial charge in [0.05, 0.1) is 31.9 Å². The van der Waals surface area contributed by atoms with E-state index >= 15 is 0 Å². The number of aliphatic hydroxyl groups excluding tert-OH is 1. The molecule has 2 rings (SSSR count). The summed E-state index contributed by atoms with van der Waals surface area (Å²) in [5.41, 5.74) is 7.07. The molecule has 1 aliphatic carbocycles. The molecule has 1 aromatic rings. The molecule has 1 saturated carbocycles. The van der Waals surface area contributed by atoms with Gasteiger partial charge in [0.25, 0.3) is 0 Å². The molecule has 0 saturated heterocycles. The maximum atomic E-state index is 10.6. The number of ether oxygens (including phenoxy) is 2. The molecule has 0 unspecified atom stereocenters. The minimum Gasteiger partial charge on any atom is -0.496 e. The topological polar surface area (TPSA) is 64.7 Å². The van der Waals surface area contributed by atoms with Crippen LogP contribution in [-0.4, -0.2) is 25.4 Å². The van der Waals surface area contributed by atoms with Crippen LogP contribution < -0.4 is 15.2 Å². The molecule has 20 heavy (non-hydrogen) atoms. The molecule has 0 bridgehead atoms. The average molecular weight is 279 g/mol. The molecule has 1 fully saturated rings. The second kappa shape index (κ2) is 6.95. The number of aliphatic hydroxyl groups is 1. The lowest BCUT2D eigenvalue weighted by Gasteiger charge is -2.31. The fraction of sp³-hybridized carbons (Fsp3) is 0.625. The Morgan fingerprint density at radius 1 is 1.10 bits per heavy atom. The van der Waals surface area contributed by atoms with E-state index in [1.165, 1.54) is 19.3 Å². The number of rotatable bonds is 5. The van der Waals surface area contributed by atoms with Crippen LogP contribution in [0.5, 0.6) is 11.5 Å². The first-order valence-corrected chi connectivity index (χ1v) is 7.33. The van der Waals surface area contributed by atoms with Crippen molar-refractivity contribution in [2.45, 2.75) is 44.2 Å². The number of methoxy groups -OCH3 is 2. The van der Waals surface area contributed by atoms with Crippen molar-refractivity contribution < 1.29 is 14.6 Å². The Morgan fingerprint density at radius 3 is 2.15 bits per heavy atom. The Morgan fingerprint density at radius 2 is 1.65 bits per heavy atom. The molecule has 0 amide bonds. The molecule has 3 N–H and O–H groups in total. The van der Waals surface area contributed by atoms with Gasteiger partial charge in [-0.25, -0.2) is 0 Å². The van der Waals surface area contributed by atoms with E-state index in [1.54, 1.807) is 14.2 Å². The quantitative estimate of drug-likeness (QED) is 0.869. The van der Waals surface area contributed by atoms with Gasteiger partial charge in [0.2, 0.25) is 0 Å². The largest absolute Gasteiger partial charge is 0.496 e. The molecule has 1 aliphatic rings. The van der Waals surface area contributed by atoms with Crippen LogP contribution in [0, 0.1) is 5.92 Å². The molecular weight excluding hydrogens is 254 g/mol.